The Morgan fingerprint density at radius 2 is 1.67 bits per heavy atom. The largest absolute Gasteiger partial charge is 0.494 e. The van der Waals surface area contributed by atoms with Crippen molar-refractivity contribution in [1.82, 2.24) is 9.55 Å². The molecule has 27 heavy (non-hydrogen) atoms. The summed E-state index contributed by atoms with van der Waals surface area (Å²) >= 11 is 6.43. The number of hydrogen-bond donors (Lipinski definition) is 0. The number of imidazole rings is 1. The highest BCUT2D eigenvalue weighted by Crippen LogP contribution is 2.30. The summed E-state index contributed by atoms with van der Waals surface area (Å²) in [5.41, 5.74) is 4.28. The van der Waals surface area contributed by atoms with Crippen molar-refractivity contribution in [3.05, 3.63) is 83.4 Å². The van der Waals surface area contributed by atoms with Crippen LogP contribution in [-0.2, 0) is 6.54 Å². The van der Waals surface area contributed by atoms with Crippen LogP contribution in [0.5, 0.6) is 5.75 Å². The highest BCUT2D eigenvalue weighted by Gasteiger charge is 2.14. The third kappa shape index (κ3) is 3.83. The molecule has 1 aromatic heterocycles. The van der Waals surface area contributed by atoms with Crippen molar-refractivity contribution in [2.24, 2.45) is 0 Å². The average Bonchev–Trinajstić information content (AvgIpc) is 3.05. The fraction of sp³-hybridized carbons (Fsp3) is 0.174. The van der Waals surface area contributed by atoms with Crippen LogP contribution in [0.2, 0.25) is 5.02 Å². The maximum Gasteiger partial charge on any atom is 0.142 e. The number of hydrogen-bond acceptors (Lipinski definition) is 2. The summed E-state index contributed by atoms with van der Waals surface area (Å²) in [7, 11) is 0. The molecule has 4 aromatic rings. The van der Waals surface area contributed by atoms with Crippen LogP contribution in [-0.4, -0.2) is 16.2 Å². The summed E-state index contributed by atoms with van der Waals surface area (Å²) in [4.78, 5) is 4.83. The van der Waals surface area contributed by atoms with Crippen LogP contribution in [0, 0.1) is 6.92 Å². The molecule has 0 radical (unpaired) electrons. The van der Waals surface area contributed by atoms with Crippen molar-refractivity contribution in [3.63, 3.8) is 0 Å². The second-order valence-electron chi connectivity index (χ2n) is 6.57. The molecular weight excluding hydrogens is 356 g/mol. The molecule has 0 aliphatic rings. The first-order chi connectivity index (χ1) is 13.2. The van der Waals surface area contributed by atoms with Crippen molar-refractivity contribution < 1.29 is 4.74 Å². The molecule has 3 aromatic carbocycles. The fourth-order valence-corrected chi connectivity index (χ4v) is 3.42. The van der Waals surface area contributed by atoms with E-state index < -0.39 is 0 Å². The van der Waals surface area contributed by atoms with Gasteiger partial charge in [-0.25, -0.2) is 4.98 Å². The van der Waals surface area contributed by atoms with Gasteiger partial charge in [0.15, 0.2) is 0 Å². The van der Waals surface area contributed by atoms with Gasteiger partial charge in [-0.2, -0.15) is 0 Å². The van der Waals surface area contributed by atoms with Crippen LogP contribution in [0.1, 0.15) is 12.0 Å². The van der Waals surface area contributed by atoms with E-state index in [4.69, 9.17) is 21.3 Å². The van der Waals surface area contributed by atoms with Crippen LogP contribution in [0.15, 0.2) is 72.8 Å². The van der Waals surface area contributed by atoms with E-state index in [1.165, 1.54) is 5.56 Å². The lowest BCUT2D eigenvalue weighted by molar-refractivity contribution is 0.303. The minimum absolute atomic E-state index is 0.650. The predicted molar refractivity (Wildman–Crippen MR) is 111 cm³/mol. The van der Waals surface area contributed by atoms with Gasteiger partial charge in [0, 0.05) is 12.1 Å². The third-order valence-electron chi connectivity index (χ3n) is 4.59. The van der Waals surface area contributed by atoms with Gasteiger partial charge in [-0.3, -0.25) is 0 Å². The third-order valence-corrected chi connectivity index (χ3v) is 4.91. The quantitative estimate of drug-likeness (QED) is 0.378. The Labute approximate surface area is 164 Å². The molecule has 0 spiro atoms. The van der Waals surface area contributed by atoms with Gasteiger partial charge in [-0.15, -0.1) is 0 Å². The van der Waals surface area contributed by atoms with E-state index in [0.29, 0.717) is 11.6 Å². The predicted octanol–water partition coefficient (Wildman–Crippen LogP) is 6.13. The molecule has 4 heteroatoms. The van der Waals surface area contributed by atoms with E-state index in [0.717, 1.165) is 41.1 Å². The monoisotopic (exact) mass is 376 g/mol. The van der Waals surface area contributed by atoms with Gasteiger partial charge in [0.25, 0.3) is 0 Å². The van der Waals surface area contributed by atoms with E-state index in [1.54, 1.807) is 0 Å². The number of para-hydroxylation sites is 2. The Morgan fingerprint density at radius 1 is 0.926 bits per heavy atom. The van der Waals surface area contributed by atoms with Crippen LogP contribution >= 0.6 is 11.6 Å². The first kappa shape index (κ1) is 17.6. The number of nitrogens with zero attached hydrogens (tertiary/aromatic N) is 2. The molecule has 1 heterocycles. The van der Waals surface area contributed by atoms with Crippen molar-refractivity contribution in [2.75, 3.05) is 6.61 Å². The molecule has 0 unspecified atom stereocenters. The van der Waals surface area contributed by atoms with E-state index in [-0.39, 0.29) is 0 Å². The van der Waals surface area contributed by atoms with E-state index in [1.807, 2.05) is 54.6 Å². The van der Waals surface area contributed by atoms with Crippen LogP contribution in [0.25, 0.3) is 22.4 Å². The first-order valence-corrected chi connectivity index (χ1v) is 9.50. The summed E-state index contributed by atoms with van der Waals surface area (Å²) in [5.74, 6) is 1.81. The number of halogens is 1. The summed E-state index contributed by atoms with van der Waals surface area (Å²) < 4.78 is 8.11. The maximum atomic E-state index is 6.43. The second-order valence-corrected chi connectivity index (χ2v) is 6.98. The Kier molecular flexibility index (Phi) is 5.12. The Balaban J connectivity index is 1.56. The van der Waals surface area contributed by atoms with Gasteiger partial charge < -0.3 is 9.30 Å². The van der Waals surface area contributed by atoms with Crippen LogP contribution < -0.4 is 4.74 Å². The van der Waals surface area contributed by atoms with E-state index in [2.05, 4.69) is 29.7 Å². The van der Waals surface area contributed by atoms with E-state index >= 15 is 0 Å². The zero-order valence-electron chi connectivity index (χ0n) is 15.2. The lowest BCUT2D eigenvalue weighted by Gasteiger charge is -2.11. The highest BCUT2D eigenvalue weighted by molar-refractivity contribution is 6.33. The Hall–Kier alpha value is -2.78. The Bertz CT molecular complexity index is 1050. The topological polar surface area (TPSA) is 27.1 Å². The molecule has 3 nitrogen and oxygen atoms in total. The maximum absolute atomic E-state index is 6.43. The van der Waals surface area contributed by atoms with Crippen molar-refractivity contribution in [1.29, 1.82) is 0 Å². The summed E-state index contributed by atoms with van der Waals surface area (Å²) in [6.07, 6.45) is 0.881. The van der Waals surface area contributed by atoms with Gasteiger partial charge in [0.05, 0.1) is 22.7 Å². The normalized spacial score (nSPS) is 11.0. The number of aromatic nitrogens is 2. The number of aryl methyl sites for hydroxylation is 2. The zero-order valence-corrected chi connectivity index (χ0v) is 16.0. The molecule has 4 rings (SSSR count). The molecule has 0 aliphatic carbocycles. The SMILES string of the molecule is Cc1ccc(OCCCn2c(-c3ccccc3Cl)nc3ccccc32)cc1. The van der Waals surface area contributed by atoms with Gasteiger partial charge in [0.1, 0.15) is 11.6 Å². The smallest absolute Gasteiger partial charge is 0.142 e. The molecule has 0 amide bonds. The average molecular weight is 377 g/mol. The number of fused-ring (bicyclic) bond motifs is 1. The molecule has 0 N–H and O–H groups in total. The number of rotatable bonds is 6. The molecule has 0 aliphatic heterocycles. The molecule has 0 atom stereocenters. The van der Waals surface area contributed by atoms with Crippen molar-refractivity contribution in [3.8, 4) is 17.1 Å². The molecule has 0 fully saturated rings. The fourth-order valence-electron chi connectivity index (χ4n) is 3.20. The molecule has 0 saturated heterocycles. The van der Waals surface area contributed by atoms with Crippen molar-refractivity contribution in [2.45, 2.75) is 19.9 Å². The van der Waals surface area contributed by atoms with Gasteiger partial charge in [0.2, 0.25) is 0 Å². The minimum Gasteiger partial charge on any atom is -0.494 e. The van der Waals surface area contributed by atoms with Gasteiger partial charge in [-0.05, 0) is 49.7 Å². The van der Waals surface area contributed by atoms with Crippen LogP contribution in [0.4, 0.5) is 0 Å². The highest BCUT2D eigenvalue weighted by atomic mass is 35.5. The lowest BCUT2D eigenvalue weighted by atomic mass is 10.2. The molecule has 0 bridgehead atoms. The summed E-state index contributed by atoms with van der Waals surface area (Å²) in [6, 6.07) is 24.2. The first-order valence-electron chi connectivity index (χ1n) is 9.12. The van der Waals surface area contributed by atoms with Gasteiger partial charge in [-0.1, -0.05) is 53.6 Å². The van der Waals surface area contributed by atoms with E-state index in [9.17, 15) is 0 Å². The van der Waals surface area contributed by atoms with Gasteiger partial charge >= 0.3 is 0 Å². The lowest BCUT2D eigenvalue weighted by Crippen LogP contribution is -2.06. The molecular formula is C23H21ClN2O. The standard InChI is InChI=1S/C23H21ClN2O/c1-17-11-13-18(14-12-17)27-16-6-15-26-22-10-5-4-9-21(22)25-23(26)19-7-2-3-8-20(19)24/h2-5,7-14H,6,15-16H2,1H3. The van der Waals surface area contributed by atoms with Crippen LogP contribution in [0.3, 0.4) is 0 Å². The Morgan fingerprint density at radius 3 is 2.48 bits per heavy atom. The summed E-state index contributed by atoms with van der Waals surface area (Å²) in [5, 5.41) is 0.713. The zero-order chi connectivity index (χ0) is 18.6. The molecule has 136 valence electrons. The minimum atomic E-state index is 0.650. The second kappa shape index (κ2) is 7.85. The van der Waals surface area contributed by atoms with Crippen molar-refractivity contribution >= 4 is 22.6 Å². The summed E-state index contributed by atoms with van der Waals surface area (Å²) in [6.45, 7) is 3.54. The number of ether oxygens (including phenoxy) is 1. The molecule has 0 saturated carbocycles. The number of benzene rings is 3.